The van der Waals surface area contributed by atoms with Gasteiger partial charge in [-0.05, 0) is 31.0 Å². The minimum absolute atomic E-state index is 0.0149. The molecule has 3 saturated heterocycles. The van der Waals surface area contributed by atoms with Crippen LogP contribution < -0.4 is 20.1 Å². The lowest BCUT2D eigenvalue weighted by atomic mass is 9.95. The van der Waals surface area contributed by atoms with Gasteiger partial charge in [-0.2, -0.15) is 24.0 Å². The summed E-state index contributed by atoms with van der Waals surface area (Å²) in [5, 5.41) is 9.79. The number of ether oxygens (including phenoxy) is 2. The number of nitrogens with zero attached hydrogens (tertiary/aromatic N) is 6. The number of nitrogen functional groups attached to an aromatic ring is 1. The molecule has 2 aromatic carbocycles. The highest BCUT2D eigenvalue weighted by Gasteiger charge is 2.50. The highest BCUT2D eigenvalue weighted by Crippen LogP contribution is 2.52. The summed E-state index contributed by atoms with van der Waals surface area (Å²) in [4.78, 5) is 26.1. The number of amides is 1. The fourth-order valence-corrected chi connectivity index (χ4v) is 9.20. The van der Waals surface area contributed by atoms with Crippen molar-refractivity contribution in [1.82, 2.24) is 19.8 Å². The molecule has 3 fully saturated rings. The molecule has 49 heavy (non-hydrogen) atoms. The molecule has 4 aliphatic heterocycles. The summed E-state index contributed by atoms with van der Waals surface area (Å²) in [6.45, 7) is 0.661. The van der Waals surface area contributed by atoms with Gasteiger partial charge in [0.2, 0.25) is 0 Å². The zero-order chi connectivity index (χ0) is 34.5. The molecule has 4 atom stereocenters. The lowest BCUT2D eigenvalue weighted by Crippen LogP contribution is -2.44. The van der Waals surface area contributed by atoms with Gasteiger partial charge >= 0.3 is 12.4 Å². The summed E-state index contributed by atoms with van der Waals surface area (Å²) >= 11 is 7.81. The number of nitrogens with two attached hydrogens (primary N) is 1. The Bertz CT molecular complexity index is 2110. The first-order valence-electron chi connectivity index (χ1n) is 15.5. The quantitative estimate of drug-likeness (QED) is 0.266. The van der Waals surface area contributed by atoms with Crippen LogP contribution in [0.25, 0.3) is 32.1 Å². The fraction of sp³-hybridized carbons (Fsp3) is 0.438. The van der Waals surface area contributed by atoms with Crippen molar-refractivity contribution in [3.8, 4) is 29.0 Å². The normalized spacial score (nSPS) is 24.8. The molecule has 1 amide bonds. The Labute approximate surface area is 284 Å². The average molecular weight is 720 g/mol. The first kappa shape index (κ1) is 32.0. The number of halogens is 6. The van der Waals surface area contributed by atoms with Crippen molar-refractivity contribution in [2.24, 2.45) is 0 Å². The summed E-state index contributed by atoms with van der Waals surface area (Å²) in [5.74, 6) is -2.97. The molecule has 10 nitrogen and oxygen atoms in total. The van der Waals surface area contributed by atoms with Gasteiger partial charge < -0.3 is 25.0 Å². The van der Waals surface area contributed by atoms with Gasteiger partial charge in [-0.25, -0.2) is 13.2 Å². The van der Waals surface area contributed by atoms with Crippen molar-refractivity contribution in [3.63, 3.8) is 0 Å². The van der Waals surface area contributed by atoms with Crippen LogP contribution in [0.15, 0.2) is 12.1 Å². The van der Waals surface area contributed by atoms with Gasteiger partial charge in [-0.3, -0.25) is 9.69 Å². The Morgan fingerprint density at radius 1 is 1.27 bits per heavy atom. The van der Waals surface area contributed by atoms with Crippen LogP contribution in [0.2, 0.25) is 5.02 Å². The van der Waals surface area contributed by atoms with E-state index in [1.807, 2.05) is 11.0 Å². The molecule has 4 aromatic rings. The Balaban J connectivity index is 1.33. The smallest absolute Gasteiger partial charge is 0.319 e. The van der Waals surface area contributed by atoms with E-state index in [1.165, 1.54) is 6.07 Å². The molecule has 0 spiro atoms. The lowest BCUT2D eigenvalue weighted by Gasteiger charge is -2.31. The minimum atomic E-state index is -3.24. The SMILES string of the molecule is CN1c2nc(OC[C@@]34CCCN3C[C@H](F)C4)nc3c(F)c(-c4ccc(F)c5sc(N)c(C#N)c45)c(Cl)c(c23)OC2CN(C(=O)C(F)F)CC21. The van der Waals surface area contributed by atoms with Crippen molar-refractivity contribution in [2.45, 2.75) is 49.5 Å². The van der Waals surface area contributed by atoms with Crippen LogP contribution in [0.4, 0.5) is 32.8 Å². The maximum atomic E-state index is 17.1. The Hall–Kier alpha value is -4.20. The van der Waals surface area contributed by atoms with Gasteiger partial charge in [0, 0.05) is 37.5 Å². The number of carbonyl (C=O) groups is 1. The van der Waals surface area contributed by atoms with Crippen molar-refractivity contribution in [3.05, 3.63) is 34.4 Å². The van der Waals surface area contributed by atoms with Gasteiger partial charge in [0.05, 0.1) is 38.8 Å². The van der Waals surface area contributed by atoms with E-state index >= 15 is 4.39 Å². The van der Waals surface area contributed by atoms with E-state index in [4.69, 9.17) is 26.8 Å². The van der Waals surface area contributed by atoms with Crippen LogP contribution in [0.5, 0.6) is 11.8 Å². The number of hydrogen-bond acceptors (Lipinski definition) is 10. The number of nitriles is 1. The predicted molar refractivity (Wildman–Crippen MR) is 172 cm³/mol. The zero-order valence-electron chi connectivity index (χ0n) is 25.8. The van der Waals surface area contributed by atoms with Crippen molar-refractivity contribution in [1.29, 1.82) is 5.26 Å². The summed E-state index contributed by atoms with van der Waals surface area (Å²) in [5.41, 5.74) is 4.93. The summed E-state index contributed by atoms with van der Waals surface area (Å²) in [6, 6.07) is 3.41. The first-order chi connectivity index (χ1) is 23.4. The second kappa shape index (κ2) is 11.4. The standard InChI is InChI=1S/C32H27ClF5N7O3S/c1-43-17-10-44(30(46)27(37)38)11-18(17)48-25-21-24(41-31(42-29(21)43)47-12-32-5-2-6-45(32)9-13(34)7-32)23(36)20(22(25)33)14-3-4-16(35)26-19(14)15(8-39)28(40)49-26/h3-4,13,17-18,27H,2,5-7,9-12,40H2,1H3/t13-,17?,18?,32+/m1/s1. The molecule has 0 bridgehead atoms. The van der Waals surface area contributed by atoms with E-state index in [2.05, 4.69) is 9.97 Å². The summed E-state index contributed by atoms with van der Waals surface area (Å²) < 4.78 is 86.1. The topological polar surface area (TPSA) is 121 Å². The Morgan fingerprint density at radius 2 is 2.06 bits per heavy atom. The van der Waals surface area contributed by atoms with E-state index in [-0.39, 0.29) is 97.9 Å². The number of hydrogen-bond donors (Lipinski definition) is 1. The van der Waals surface area contributed by atoms with Crippen LogP contribution in [-0.2, 0) is 4.79 Å². The average Bonchev–Trinajstić information content (AvgIpc) is 3.81. The van der Waals surface area contributed by atoms with Crippen molar-refractivity contribution < 1.29 is 36.2 Å². The lowest BCUT2D eigenvalue weighted by molar-refractivity contribution is -0.142. The number of anilines is 2. The molecule has 2 aromatic heterocycles. The molecular weight excluding hydrogens is 693 g/mol. The number of aromatic nitrogens is 2. The third-order valence-electron chi connectivity index (χ3n) is 10.2. The zero-order valence-corrected chi connectivity index (χ0v) is 27.4. The van der Waals surface area contributed by atoms with E-state index in [9.17, 15) is 27.6 Å². The molecule has 0 radical (unpaired) electrons. The number of alkyl halides is 3. The second-order valence-corrected chi connectivity index (χ2v) is 14.3. The number of benzene rings is 2. The van der Waals surface area contributed by atoms with Gasteiger partial charge in [-0.15, -0.1) is 11.3 Å². The van der Waals surface area contributed by atoms with Crippen LogP contribution >= 0.6 is 22.9 Å². The molecule has 0 saturated carbocycles. The first-order valence-corrected chi connectivity index (χ1v) is 16.7. The third kappa shape index (κ3) is 4.76. The minimum Gasteiger partial charge on any atom is -0.484 e. The number of likely N-dealkylation sites (tertiary alicyclic amines) is 1. The molecule has 8 rings (SSSR count). The second-order valence-electron chi connectivity index (χ2n) is 12.9. The molecule has 6 heterocycles. The fourth-order valence-electron chi connectivity index (χ4n) is 7.93. The van der Waals surface area contributed by atoms with Crippen molar-refractivity contribution in [2.75, 3.05) is 50.5 Å². The number of thiophene rings is 1. The molecule has 2 N–H and O–H groups in total. The van der Waals surface area contributed by atoms with E-state index in [0.717, 1.165) is 28.7 Å². The van der Waals surface area contributed by atoms with Crippen LogP contribution in [0.3, 0.4) is 0 Å². The van der Waals surface area contributed by atoms with E-state index in [1.54, 1.807) is 11.9 Å². The predicted octanol–water partition coefficient (Wildman–Crippen LogP) is 5.53. The maximum absolute atomic E-state index is 17.1. The molecular formula is C32H27ClF5N7O3S. The number of likely N-dealkylation sites (N-methyl/N-ethyl adjacent to an activating group) is 1. The third-order valence-corrected chi connectivity index (χ3v) is 11.6. The number of carbonyl (C=O) groups excluding carboxylic acids is 1. The molecule has 17 heteroatoms. The van der Waals surface area contributed by atoms with Gasteiger partial charge in [0.25, 0.3) is 5.91 Å². The highest BCUT2D eigenvalue weighted by atomic mass is 35.5. The Kier molecular flexibility index (Phi) is 7.47. The summed E-state index contributed by atoms with van der Waals surface area (Å²) in [7, 11) is 1.61. The largest absolute Gasteiger partial charge is 0.484 e. The van der Waals surface area contributed by atoms with Crippen LogP contribution in [0.1, 0.15) is 24.8 Å². The Morgan fingerprint density at radius 3 is 2.82 bits per heavy atom. The van der Waals surface area contributed by atoms with Gasteiger partial charge in [0.15, 0.2) is 11.6 Å². The van der Waals surface area contributed by atoms with Gasteiger partial charge in [-0.1, -0.05) is 17.7 Å². The molecule has 2 unspecified atom stereocenters. The number of fused-ring (bicyclic) bond motifs is 3. The monoisotopic (exact) mass is 719 g/mol. The highest BCUT2D eigenvalue weighted by molar-refractivity contribution is 7.23. The molecule has 256 valence electrons. The van der Waals surface area contributed by atoms with Gasteiger partial charge in [0.1, 0.15) is 47.1 Å². The molecule has 4 aliphatic rings. The number of rotatable bonds is 5. The van der Waals surface area contributed by atoms with Crippen LogP contribution in [-0.4, -0.2) is 95.8 Å². The maximum Gasteiger partial charge on any atom is 0.319 e. The van der Waals surface area contributed by atoms with E-state index in [0.29, 0.717) is 13.0 Å². The van der Waals surface area contributed by atoms with E-state index < -0.39 is 47.8 Å². The van der Waals surface area contributed by atoms with Crippen LogP contribution in [0, 0.1) is 23.0 Å². The summed E-state index contributed by atoms with van der Waals surface area (Å²) in [6.07, 6.45) is -3.34. The molecule has 0 aliphatic carbocycles. The van der Waals surface area contributed by atoms with Crippen molar-refractivity contribution >= 4 is 60.7 Å².